The average molecular weight is 706 g/mol. The monoisotopic (exact) mass is 705 g/mol. The molecule has 0 saturated heterocycles. The summed E-state index contributed by atoms with van der Waals surface area (Å²) in [6.45, 7) is 5.79. The zero-order chi connectivity index (χ0) is 35.8. The van der Waals surface area contributed by atoms with Gasteiger partial charge in [0, 0.05) is 47.0 Å². The standard InChI is InChI=1S/C43H57F2NO5/c1-38-8-5-30(48)20-41(38)11-12-43(32(21-41)37(50)29-3-4-33(44)34(45)16-29)35(38)6-9-39(2)36(43)7-10-42(39,51)25-46(22-31(49)23-47)24-40-17-26-13-27(18-40)15-28(14-26)19-40/h3-4,11-12,16,21,26-28,30-31,35-36,47-49,51H,5-10,13-15,17-20,22-25H2,1-2H3/t26?,27?,28?,30?,31-,35+,36+,38+,39-,40?,41-,42+,43+/m0/s1. The molecule has 4 N–H and O–H groups in total. The zero-order valence-electron chi connectivity index (χ0n) is 30.4. The second kappa shape index (κ2) is 11.5. The van der Waals surface area contributed by atoms with Crippen LogP contribution in [0.3, 0.4) is 0 Å². The zero-order valence-corrected chi connectivity index (χ0v) is 30.4. The molecule has 0 aliphatic heterocycles. The molecule has 1 unspecified atom stereocenters. The summed E-state index contributed by atoms with van der Waals surface area (Å²) in [5, 5.41) is 44.9. The van der Waals surface area contributed by atoms with Crippen molar-refractivity contribution in [3.8, 4) is 0 Å². The first kappa shape index (κ1) is 34.8. The van der Waals surface area contributed by atoms with E-state index in [1.807, 2.05) is 0 Å². The van der Waals surface area contributed by atoms with Crippen LogP contribution in [0.2, 0.25) is 0 Å². The summed E-state index contributed by atoms with van der Waals surface area (Å²) >= 11 is 0. The van der Waals surface area contributed by atoms with E-state index >= 15 is 0 Å². The Balaban J connectivity index is 1.09. The minimum Gasteiger partial charge on any atom is -0.394 e. The summed E-state index contributed by atoms with van der Waals surface area (Å²) in [6, 6.07) is 3.43. The van der Waals surface area contributed by atoms with Crippen molar-refractivity contribution in [2.75, 3.05) is 26.2 Å². The van der Waals surface area contributed by atoms with Crippen LogP contribution in [0, 0.1) is 68.3 Å². The number of allylic oxidation sites excluding steroid dienone is 4. The van der Waals surface area contributed by atoms with Crippen molar-refractivity contribution >= 4 is 5.78 Å². The number of aliphatic hydroxyl groups is 4. The molecule has 10 aliphatic rings. The number of hydrogen-bond acceptors (Lipinski definition) is 6. The third-order valence-corrected chi connectivity index (χ3v) is 17.0. The Hall–Kier alpha value is -1.97. The van der Waals surface area contributed by atoms with Crippen molar-refractivity contribution in [3.63, 3.8) is 0 Å². The van der Waals surface area contributed by atoms with Gasteiger partial charge in [0.05, 0.1) is 24.4 Å². The van der Waals surface area contributed by atoms with Crippen LogP contribution >= 0.6 is 0 Å². The van der Waals surface area contributed by atoms with Crippen molar-refractivity contribution in [2.24, 2.45) is 56.7 Å². The van der Waals surface area contributed by atoms with Crippen LogP contribution in [0.15, 0.2) is 42.0 Å². The molecule has 0 heterocycles. The number of aliphatic hydroxyl groups excluding tert-OH is 3. The summed E-state index contributed by atoms with van der Waals surface area (Å²) in [6.07, 6.45) is 17.9. The summed E-state index contributed by atoms with van der Waals surface area (Å²) in [5.41, 5.74) is -2.12. The third kappa shape index (κ3) is 4.84. The molecule has 278 valence electrons. The van der Waals surface area contributed by atoms with Gasteiger partial charge in [-0.2, -0.15) is 0 Å². The van der Waals surface area contributed by atoms with Gasteiger partial charge in [-0.25, -0.2) is 8.78 Å². The van der Waals surface area contributed by atoms with E-state index < -0.39 is 45.7 Å². The molecule has 1 aromatic carbocycles. The van der Waals surface area contributed by atoms with Gasteiger partial charge in [-0.3, -0.25) is 9.69 Å². The summed E-state index contributed by atoms with van der Waals surface area (Å²) < 4.78 is 28.7. The molecule has 9 atom stereocenters. The van der Waals surface area contributed by atoms with Crippen LogP contribution in [0.25, 0.3) is 0 Å². The molecule has 6 bridgehead atoms. The van der Waals surface area contributed by atoms with E-state index in [0.29, 0.717) is 37.9 Å². The molecule has 6 nitrogen and oxygen atoms in total. The van der Waals surface area contributed by atoms with E-state index in [2.05, 4.69) is 37.0 Å². The van der Waals surface area contributed by atoms with Crippen molar-refractivity contribution < 1.29 is 34.0 Å². The van der Waals surface area contributed by atoms with Gasteiger partial charge in [-0.1, -0.05) is 32.1 Å². The predicted octanol–water partition coefficient (Wildman–Crippen LogP) is 6.61. The lowest BCUT2D eigenvalue weighted by Gasteiger charge is -2.71. The number of rotatable bonds is 9. The quantitative estimate of drug-likeness (QED) is 0.171. The number of benzene rings is 1. The summed E-state index contributed by atoms with van der Waals surface area (Å²) in [7, 11) is 0. The highest BCUT2D eigenvalue weighted by molar-refractivity contribution is 6.10. The maximum Gasteiger partial charge on any atom is 0.189 e. The first-order valence-electron chi connectivity index (χ1n) is 20.0. The third-order valence-electron chi connectivity index (χ3n) is 17.0. The number of carbonyl (C=O) groups excluding carboxylic acids is 1. The van der Waals surface area contributed by atoms with Crippen LogP contribution in [0.1, 0.15) is 108 Å². The SMILES string of the molecule is C[C@]12CC[C@H]3[C@]4(C=C[C@@]5(C=C4C(=O)c4ccc(F)c(F)c4)CC(O)CC[C@]35C)[C@@H]1CC[C@@]2(O)CN(C[C@H](O)CO)CC12CC3CC(CC(C3)C1)C2. The van der Waals surface area contributed by atoms with E-state index in [-0.39, 0.29) is 40.6 Å². The Morgan fingerprint density at radius 2 is 1.53 bits per heavy atom. The van der Waals surface area contributed by atoms with E-state index in [9.17, 15) is 34.0 Å². The highest BCUT2D eigenvalue weighted by atomic mass is 19.2. The number of Topliss-reactive ketones (excluding diaryl/α,β-unsaturated/α-hetero) is 1. The molecule has 10 aliphatic carbocycles. The van der Waals surface area contributed by atoms with E-state index in [1.165, 1.54) is 44.6 Å². The lowest BCUT2D eigenvalue weighted by molar-refractivity contribution is -0.179. The van der Waals surface area contributed by atoms with Gasteiger partial charge in [0.15, 0.2) is 17.4 Å². The molecular formula is C43H57F2NO5. The van der Waals surface area contributed by atoms with Crippen molar-refractivity contribution in [1.29, 1.82) is 0 Å². The molecular weight excluding hydrogens is 648 g/mol. The highest BCUT2D eigenvalue weighted by Gasteiger charge is 2.74. The molecule has 2 spiro atoms. The highest BCUT2D eigenvalue weighted by Crippen LogP contribution is 2.78. The largest absolute Gasteiger partial charge is 0.394 e. The van der Waals surface area contributed by atoms with Crippen molar-refractivity contribution in [3.05, 3.63) is 59.2 Å². The normalized spacial score (nSPS) is 48.0. The van der Waals surface area contributed by atoms with Crippen LogP contribution in [0.4, 0.5) is 8.78 Å². The molecule has 1 aromatic rings. The van der Waals surface area contributed by atoms with Gasteiger partial charge >= 0.3 is 0 Å². The first-order valence-corrected chi connectivity index (χ1v) is 20.0. The Morgan fingerprint density at radius 3 is 2.20 bits per heavy atom. The number of hydrogen-bond donors (Lipinski definition) is 4. The smallest absolute Gasteiger partial charge is 0.189 e. The number of carbonyl (C=O) groups is 1. The number of ketones is 1. The topological polar surface area (TPSA) is 101 Å². The maximum absolute atomic E-state index is 14.7. The Bertz CT molecular complexity index is 1640. The first-order chi connectivity index (χ1) is 24.2. The predicted molar refractivity (Wildman–Crippen MR) is 189 cm³/mol. The van der Waals surface area contributed by atoms with E-state index in [1.54, 1.807) is 0 Å². The van der Waals surface area contributed by atoms with Crippen LogP contribution < -0.4 is 0 Å². The fraction of sp³-hybridized carbons (Fsp3) is 0.744. The molecule has 0 aromatic heterocycles. The molecule has 7 saturated carbocycles. The van der Waals surface area contributed by atoms with Gasteiger partial charge in [-0.05, 0) is 142 Å². The van der Waals surface area contributed by atoms with Crippen LogP contribution in [-0.2, 0) is 0 Å². The molecule has 0 radical (unpaired) electrons. The van der Waals surface area contributed by atoms with E-state index in [0.717, 1.165) is 62.1 Å². The van der Waals surface area contributed by atoms with Gasteiger partial charge in [-0.15, -0.1) is 0 Å². The number of nitrogens with zero attached hydrogens (tertiary/aromatic N) is 1. The Labute approximate surface area is 301 Å². The number of fused-ring (bicyclic) bond motifs is 1. The molecule has 0 amide bonds. The molecule has 7 fully saturated rings. The molecule has 51 heavy (non-hydrogen) atoms. The fourth-order valence-electron chi connectivity index (χ4n) is 15.3. The van der Waals surface area contributed by atoms with Gasteiger partial charge in [0.2, 0.25) is 0 Å². The minimum absolute atomic E-state index is 0.0726. The van der Waals surface area contributed by atoms with Crippen molar-refractivity contribution in [2.45, 2.75) is 115 Å². The Kier molecular flexibility index (Phi) is 7.86. The van der Waals surface area contributed by atoms with Gasteiger partial charge in [0.1, 0.15) is 0 Å². The fourth-order valence-corrected chi connectivity index (χ4v) is 15.3. The Morgan fingerprint density at radius 1 is 0.882 bits per heavy atom. The second-order valence-corrected chi connectivity index (χ2v) is 19.7. The summed E-state index contributed by atoms with van der Waals surface area (Å²) in [5.74, 6) is 0.0373. The lowest BCUT2D eigenvalue weighted by atomic mass is 9.32. The lowest BCUT2D eigenvalue weighted by Crippen LogP contribution is -2.67. The second-order valence-electron chi connectivity index (χ2n) is 19.7. The van der Waals surface area contributed by atoms with Crippen LogP contribution in [-0.4, -0.2) is 75.2 Å². The average Bonchev–Trinajstić information content (AvgIpc) is 3.34. The van der Waals surface area contributed by atoms with Gasteiger partial charge in [0.25, 0.3) is 0 Å². The maximum atomic E-state index is 14.7. The molecule has 8 heteroatoms. The molecule has 11 rings (SSSR count). The van der Waals surface area contributed by atoms with Crippen LogP contribution in [0.5, 0.6) is 0 Å². The van der Waals surface area contributed by atoms with E-state index in [4.69, 9.17) is 0 Å². The minimum atomic E-state index is -1.09. The van der Waals surface area contributed by atoms with Gasteiger partial charge < -0.3 is 20.4 Å². The summed E-state index contributed by atoms with van der Waals surface area (Å²) in [4.78, 5) is 17.0. The van der Waals surface area contributed by atoms with Crippen molar-refractivity contribution in [1.82, 2.24) is 4.90 Å². The number of halogens is 2.